The number of alkyl halides is 3. The van der Waals surface area contributed by atoms with E-state index in [1.165, 1.54) is 24.4 Å². The third-order valence-corrected chi connectivity index (χ3v) is 4.81. The summed E-state index contributed by atoms with van der Waals surface area (Å²) in [5.74, 6) is -0.842. The van der Waals surface area contributed by atoms with Crippen molar-refractivity contribution in [2.24, 2.45) is 5.73 Å². The fourth-order valence-corrected chi connectivity index (χ4v) is 3.22. The molecule has 1 amide bonds. The number of ether oxygens (including phenoxy) is 1. The molecule has 0 spiro atoms. The predicted octanol–water partition coefficient (Wildman–Crippen LogP) is 3.67. The molecule has 10 heteroatoms. The van der Waals surface area contributed by atoms with Crippen LogP contribution in [0, 0.1) is 5.82 Å². The number of primary amides is 1. The molecule has 2 N–H and O–H groups in total. The summed E-state index contributed by atoms with van der Waals surface area (Å²) in [5, 5.41) is 0. The van der Waals surface area contributed by atoms with Crippen molar-refractivity contribution in [2.75, 3.05) is 18.0 Å². The zero-order valence-corrected chi connectivity index (χ0v) is 15.9. The highest BCUT2D eigenvalue weighted by molar-refractivity contribution is 5.94. The summed E-state index contributed by atoms with van der Waals surface area (Å²) in [6, 6.07) is 9.42. The molecule has 1 aliphatic heterocycles. The maximum Gasteiger partial charge on any atom is 0.433 e. The van der Waals surface area contributed by atoms with Crippen LogP contribution >= 0.6 is 0 Å². The third-order valence-electron chi connectivity index (χ3n) is 4.81. The minimum absolute atomic E-state index is 0.0761. The van der Waals surface area contributed by atoms with E-state index in [-0.39, 0.29) is 17.5 Å². The van der Waals surface area contributed by atoms with Crippen LogP contribution in [-0.2, 0) is 6.18 Å². The second-order valence-corrected chi connectivity index (χ2v) is 6.98. The molecule has 1 fully saturated rings. The minimum Gasteiger partial charge on any atom is -0.485 e. The molecule has 0 bridgehead atoms. The molecule has 160 valence electrons. The zero-order valence-electron chi connectivity index (χ0n) is 15.9. The van der Waals surface area contributed by atoms with Crippen LogP contribution < -0.4 is 15.4 Å². The van der Waals surface area contributed by atoms with Gasteiger partial charge in [0.25, 0.3) is 5.91 Å². The molecule has 1 aliphatic rings. The molecule has 3 aromatic rings. The van der Waals surface area contributed by atoms with Crippen molar-refractivity contribution in [1.29, 1.82) is 0 Å². The molecule has 0 atom stereocenters. The van der Waals surface area contributed by atoms with Crippen LogP contribution in [0.1, 0.15) is 16.2 Å². The standard InChI is InChI=1S/C21H16F4N4O2/c22-13-3-1-12(2-4-13)16-7-17(20(26)30)27-9-18(16)29-10-15(11-29)31-14-5-6-19(28-8-14)21(23,24)25/h1-9,15H,10-11H2,(H2,26,30). The van der Waals surface area contributed by atoms with Crippen LogP contribution in [0.4, 0.5) is 23.2 Å². The highest BCUT2D eigenvalue weighted by Crippen LogP contribution is 2.35. The van der Waals surface area contributed by atoms with Crippen LogP contribution in [0.5, 0.6) is 5.75 Å². The first kappa shape index (κ1) is 20.6. The number of hydrogen-bond acceptors (Lipinski definition) is 5. The monoisotopic (exact) mass is 432 g/mol. The Kier molecular flexibility index (Phi) is 5.22. The summed E-state index contributed by atoms with van der Waals surface area (Å²) >= 11 is 0. The smallest absolute Gasteiger partial charge is 0.433 e. The zero-order chi connectivity index (χ0) is 22.2. The second-order valence-electron chi connectivity index (χ2n) is 6.98. The number of nitrogens with zero attached hydrogens (tertiary/aromatic N) is 3. The maximum atomic E-state index is 13.3. The number of amides is 1. The molecule has 1 saturated heterocycles. The Labute approximate surface area is 174 Å². The van der Waals surface area contributed by atoms with Gasteiger partial charge in [-0.3, -0.25) is 4.79 Å². The van der Waals surface area contributed by atoms with Crippen LogP contribution in [0.25, 0.3) is 11.1 Å². The predicted molar refractivity (Wildman–Crippen MR) is 104 cm³/mol. The number of anilines is 1. The molecule has 1 aromatic carbocycles. The van der Waals surface area contributed by atoms with Crippen molar-refractivity contribution in [1.82, 2.24) is 9.97 Å². The van der Waals surface area contributed by atoms with E-state index in [0.717, 1.165) is 12.3 Å². The second kappa shape index (κ2) is 7.86. The average Bonchev–Trinajstić information content (AvgIpc) is 2.70. The van der Waals surface area contributed by atoms with Crippen molar-refractivity contribution in [3.05, 3.63) is 72.1 Å². The molecule has 0 aliphatic carbocycles. The van der Waals surface area contributed by atoms with Crippen molar-refractivity contribution >= 4 is 11.6 Å². The summed E-state index contributed by atoms with van der Waals surface area (Å²) < 4.78 is 56.8. The number of carbonyl (C=O) groups excluding carboxylic acids is 1. The largest absolute Gasteiger partial charge is 0.485 e. The molecule has 4 rings (SSSR count). The molecule has 31 heavy (non-hydrogen) atoms. The Balaban J connectivity index is 1.50. The number of aromatic nitrogens is 2. The number of benzene rings is 1. The molecule has 0 radical (unpaired) electrons. The van der Waals surface area contributed by atoms with Gasteiger partial charge in [0.15, 0.2) is 0 Å². The Hall–Kier alpha value is -3.69. The normalized spacial score (nSPS) is 14.3. The highest BCUT2D eigenvalue weighted by atomic mass is 19.4. The summed E-state index contributed by atoms with van der Waals surface area (Å²) in [4.78, 5) is 20.9. The van der Waals surface area contributed by atoms with Gasteiger partial charge in [0.2, 0.25) is 0 Å². The molecule has 6 nitrogen and oxygen atoms in total. The maximum absolute atomic E-state index is 13.3. The Morgan fingerprint density at radius 3 is 2.35 bits per heavy atom. The van der Waals surface area contributed by atoms with E-state index in [1.54, 1.807) is 18.2 Å². The van der Waals surface area contributed by atoms with Crippen molar-refractivity contribution in [3.63, 3.8) is 0 Å². The number of pyridine rings is 2. The topological polar surface area (TPSA) is 81.3 Å². The molecular weight excluding hydrogens is 416 g/mol. The number of halogens is 4. The van der Waals surface area contributed by atoms with E-state index < -0.39 is 23.6 Å². The van der Waals surface area contributed by atoms with Crippen LogP contribution in [-0.4, -0.2) is 35.1 Å². The summed E-state index contributed by atoms with van der Waals surface area (Å²) in [6.45, 7) is 0.875. The first-order chi connectivity index (χ1) is 14.7. The van der Waals surface area contributed by atoms with Crippen molar-refractivity contribution < 1.29 is 27.1 Å². The average molecular weight is 432 g/mol. The lowest BCUT2D eigenvalue weighted by Gasteiger charge is -2.41. The molecule has 0 unspecified atom stereocenters. The summed E-state index contributed by atoms with van der Waals surface area (Å²) in [5.41, 5.74) is 6.45. The lowest BCUT2D eigenvalue weighted by molar-refractivity contribution is -0.141. The Morgan fingerprint density at radius 2 is 1.77 bits per heavy atom. The van der Waals surface area contributed by atoms with Crippen molar-refractivity contribution in [2.45, 2.75) is 12.3 Å². The van der Waals surface area contributed by atoms with Crippen LogP contribution in [0.3, 0.4) is 0 Å². The molecule has 2 aromatic heterocycles. The molecular formula is C21H16F4N4O2. The van der Waals surface area contributed by atoms with Gasteiger partial charge in [-0.1, -0.05) is 12.1 Å². The van der Waals surface area contributed by atoms with E-state index in [0.29, 0.717) is 29.9 Å². The van der Waals surface area contributed by atoms with Gasteiger partial charge in [-0.25, -0.2) is 14.4 Å². The van der Waals surface area contributed by atoms with E-state index >= 15 is 0 Å². The van der Waals surface area contributed by atoms with E-state index in [9.17, 15) is 22.4 Å². The van der Waals surface area contributed by atoms with Gasteiger partial charge in [-0.05, 0) is 35.9 Å². The number of nitrogens with two attached hydrogens (primary N) is 1. The minimum atomic E-state index is -4.51. The summed E-state index contributed by atoms with van der Waals surface area (Å²) in [6.07, 6.45) is -2.23. The summed E-state index contributed by atoms with van der Waals surface area (Å²) in [7, 11) is 0. The lowest BCUT2D eigenvalue weighted by atomic mass is 10.0. The van der Waals surface area contributed by atoms with Crippen molar-refractivity contribution in [3.8, 4) is 16.9 Å². The molecule has 3 heterocycles. The first-order valence-corrected chi connectivity index (χ1v) is 9.21. The number of rotatable bonds is 5. The quantitative estimate of drug-likeness (QED) is 0.623. The van der Waals surface area contributed by atoms with Gasteiger partial charge in [-0.15, -0.1) is 0 Å². The van der Waals surface area contributed by atoms with Gasteiger partial charge in [0, 0.05) is 5.56 Å². The number of hydrogen-bond donors (Lipinski definition) is 1. The van der Waals surface area contributed by atoms with Gasteiger partial charge in [0.05, 0.1) is 31.2 Å². The highest BCUT2D eigenvalue weighted by Gasteiger charge is 2.33. The SMILES string of the molecule is NC(=O)c1cc(-c2ccc(F)cc2)c(N2CC(Oc3ccc(C(F)(F)F)nc3)C2)cn1. The van der Waals surface area contributed by atoms with Gasteiger partial charge >= 0.3 is 6.18 Å². The number of carbonyl (C=O) groups is 1. The van der Waals surface area contributed by atoms with E-state index in [2.05, 4.69) is 9.97 Å². The fourth-order valence-electron chi connectivity index (χ4n) is 3.22. The fraction of sp³-hybridized carbons (Fsp3) is 0.190. The van der Waals surface area contributed by atoms with Gasteiger partial charge < -0.3 is 15.4 Å². The van der Waals surface area contributed by atoms with Crippen LogP contribution in [0.2, 0.25) is 0 Å². The third kappa shape index (κ3) is 4.42. The van der Waals surface area contributed by atoms with Crippen LogP contribution in [0.15, 0.2) is 54.9 Å². The Morgan fingerprint density at radius 1 is 1.06 bits per heavy atom. The van der Waals surface area contributed by atoms with Gasteiger partial charge in [-0.2, -0.15) is 13.2 Å². The van der Waals surface area contributed by atoms with E-state index in [4.69, 9.17) is 10.5 Å². The first-order valence-electron chi connectivity index (χ1n) is 9.21. The molecule has 0 saturated carbocycles. The Bertz CT molecular complexity index is 1100. The van der Waals surface area contributed by atoms with Gasteiger partial charge in [0.1, 0.15) is 29.1 Å². The lowest BCUT2D eigenvalue weighted by Crippen LogP contribution is -2.54. The van der Waals surface area contributed by atoms with E-state index in [1.807, 2.05) is 4.90 Å².